The molecule has 0 radical (unpaired) electrons. The maximum Gasteiger partial charge on any atom is 0.408 e. The minimum Gasteiger partial charge on any atom is -0.481 e. The first kappa shape index (κ1) is 18.4. The Kier molecular flexibility index (Phi) is 4.54. The van der Waals surface area contributed by atoms with Crippen LogP contribution >= 0.6 is 0 Å². The summed E-state index contributed by atoms with van der Waals surface area (Å²) in [6.45, 7) is 0.371. The Balaban J connectivity index is 1.94. The smallest absolute Gasteiger partial charge is 0.408 e. The maximum atomic E-state index is 14.0. The number of fused-ring (bicyclic) bond motifs is 1. The van der Waals surface area contributed by atoms with Gasteiger partial charge in [-0.25, -0.2) is 4.39 Å². The highest BCUT2D eigenvalue weighted by molar-refractivity contribution is 5.82. The lowest BCUT2D eigenvalue weighted by molar-refractivity contribution is -0.144. The Hall–Kier alpha value is -2.38. The van der Waals surface area contributed by atoms with Gasteiger partial charge < -0.3 is 5.11 Å². The predicted octanol–water partition coefficient (Wildman–Crippen LogP) is 3.79. The Labute approximate surface area is 147 Å². The van der Waals surface area contributed by atoms with Crippen molar-refractivity contribution in [2.24, 2.45) is 0 Å². The zero-order valence-electron chi connectivity index (χ0n) is 14.1. The van der Waals surface area contributed by atoms with Crippen molar-refractivity contribution >= 4 is 5.97 Å². The third kappa shape index (κ3) is 3.32. The van der Waals surface area contributed by atoms with Crippen LogP contribution in [0.4, 0.5) is 17.6 Å². The molecule has 3 rings (SSSR count). The van der Waals surface area contributed by atoms with E-state index >= 15 is 0 Å². The molecule has 1 heterocycles. The van der Waals surface area contributed by atoms with E-state index in [0.717, 1.165) is 4.68 Å². The molecule has 1 aromatic carbocycles. The lowest BCUT2D eigenvalue weighted by Gasteiger charge is -2.30. The fraction of sp³-hybridized carbons (Fsp3) is 0.444. The number of alkyl halides is 3. The number of nitrogens with zero attached hydrogens (tertiary/aromatic N) is 2. The Morgan fingerprint density at radius 3 is 2.65 bits per heavy atom. The fourth-order valence-electron chi connectivity index (χ4n) is 3.72. The summed E-state index contributed by atoms with van der Waals surface area (Å²) in [5, 5.41) is 13.9. The Morgan fingerprint density at radius 1 is 1.31 bits per heavy atom. The van der Waals surface area contributed by atoms with Crippen LogP contribution in [0.15, 0.2) is 24.4 Å². The number of rotatable bonds is 3. The SMILES string of the molecule is Cc1c(F)cccc1C1(C(=O)O)CCc2cn(CC(F)(F)F)nc2CC1. The van der Waals surface area contributed by atoms with Crippen LogP contribution < -0.4 is 0 Å². The molecule has 1 atom stereocenters. The molecule has 1 unspecified atom stereocenters. The summed E-state index contributed by atoms with van der Waals surface area (Å²) in [4.78, 5) is 12.1. The minimum atomic E-state index is -4.37. The van der Waals surface area contributed by atoms with Crippen molar-refractivity contribution in [1.29, 1.82) is 0 Å². The minimum absolute atomic E-state index is 0.155. The van der Waals surface area contributed by atoms with E-state index in [4.69, 9.17) is 0 Å². The second kappa shape index (κ2) is 6.41. The Morgan fingerprint density at radius 2 is 2.00 bits per heavy atom. The molecule has 1 aromatic heterocycles. The molecule has 0 fully saturated rings. The van der Waals surface area contributed by atoms with Gasteiger partial charge in [0.25, 0.3) is 0 Å². The molecule has 4 nitrogen and oxygen atoms in total. The third-order valence-electron chi connectivity index (χ3n) is 5.07. The van der Waals surface area contributed by atoms with Crippen molar-refractivity contribution in [2.45, 2.75) is 50.7 Å². The van der Waals surface area contributed by atoms with Crippen LogP contribution in [-0.4, -0.2) is 27.0 Å². The van der Waals surface area contributed by atoms with E-state index in [1.807, 2.05) is 0 Å². The maximum absolute atomic E-state index is 14.0. The molecule has 0 bridgehead atoms. The number of carbonyl (C=O) groups is 1. The number of benzene rings is 1. The number of aromatic nitrogens is 2. The topological polar surface area (TPSA) is 55.1 Å². The largest absolute Gasteiger partial charge is 0.481 e. The normalized spacial score (nSPS) is 20.5. The summed E-state index contributed by atoms with van der Waals surface area (Å²) >= 11 is 0. The quantitative estimate of drug-likeness (QED) is 0.661. The lowest BCUT2D eigenvalue weighted by atomic mass is 9.72. The average Bonchev–Trinajstić information content (AvgIpc) is 2.81. The molecule has 1 aliphatic rings. The first-order chi connectivity index (χ1) is 12.1. The second-order valence-electron chi connectivity index (χ2n) is 6.71. The van der Waals surface area contributed by atoms with Crippen molar-refractivity contribution in [3.8, 4) is 0 Å². The zero-order valence-corrected chi connectivity index (χ0v) is 14.1. The van der Waals surface area contributed by atoms with Crippen LogP contribution in [0.1, 0.15) is 35.2 Å². The zero-order chi connectivity index (χ0) is 19.1. The molecule has 140 valence electrons. The van der Waals surface area contributed by atoms with Gasteiger partial charge in [0.15, 0.2) is 0 Å². The summed E-state index contributed by atoms with van der Waals surface area (Å²) in [5.74, 6) is -1.53. The second-order valence-corrected chi connectivity index (χ2v) is 6.71. The van der Waals surface area contributed by atoms with Gasteiger partial charge in [-0.05, 0) is 55.4 Å². The highest BCUT2D eigenvalue weighted by Crippen LogP contribution is 2.40. The molecule has 26 heavy (non-hydrogen) atoms. The van der Waals surface area contributed by atoms with Crippen molar-refractivity contribution in [3.05, 3.63) is 52.6 Å². The van der Waals surface area contributed by atoms with Crippen molar-refractivity contribution in [2.75, 3.05) is 0 Å². The molecule has 8 heteroatoms. The van der Waals surface area contributed by atoms with E-state index in [-0.39, 0.29) is 31.2 Å². The van der Waals surface area contributed by atoms with Gasteiger partial charge >= 0.3 is 12.1 Å². The van der Waals surface area contributed by atoms with Crippen LogP contribution in [0, 0.1) is 12.7 Å². The van der Waals surface area contributed by atoms with E-state index in [1.54, 1.807) is 13.0 Å². The molecule has 1 aliphatic carbocycles. The summed E-state index contributed by atoms with van der Waals surface area (Å²) < 4.78 is 52.5. The summed E-state index contributed by atoms with van der Waals surface area (Å²) in [6.07, 6.45) is -2.20. The van der Waals surface area contributed by atoms with Gasteiger partial charge in [-0.15, -0.1) is 0 Å². The van der Waals surface area contributed by atoms with Gasteiger partial charge in [-0.3, -0.25) is 9.48 Å². The molecular weight excluding hydrogens is 352 g/mol. The third-order valence-corrected chi connectivity index (χ3v) is 5.07. The van der Waals surface area contributed by atoms with E-state index in [9.17, 15) is 27.5 Å². The van der Waals surface area contributed by atoms with Crippen molar-refractivity contribution < 1.29 is 27.5 Å². The van der Waals surface area contributed by atoms with Crippen LogP contribution in [0.25, 0.3) is 0 Å². The van der Waals surface area contributed by atoms with Crippen LogP contribution in [0.3, 0.4) is 0 Å². The molecule has 2 aromatic rings. The first-order valence-electron chi connectivity index (χ1n) is 8.23. The van der Waals surface area contributed by atoms with Crippen LogP contribution in [0.5, 0.6) is 0 Å². The van der Waals surface area contributed by atoms with Gasteiger partial charge in [0, 0.05) is 6.20 Å². The molecular formula is C18H18F4N2O2. The molecule has 0 aliphatic heterocycles. The van der Waals surface area contributed by atoms with E-state index in [1.165, 1.54) is 18.3 Å². The number of halogens is 4. The summed E-state index contributed by atoms with van der Waals surface area (Å²) in [7, 11) is 0. The number of carboxylic acids is 1. The van der Waals surface area contributed by atoms with Gasteiger partial charge in [0.05, 0.1) is 11.1 Å². The van der Waals surface area contributed by atoms with Gasteiger partial charge in [0.2, 0.25) is 0 Å². The van der Waals surface area contributed by atoms with Crippen LogP contribution in [-0.2, 0) is 29.6 Å². The van der Waals surface area contributed by atoms with E-state index in [2.05, 4.69) is 5.10 Å². The predicted molar refractivity (Wildman–Crippen MR) is 85.4 cm³/mol. The highest BCUT2D eigenvalue weighted by Gasteiger charge is 2.43. The molecule has 1 N–H and O–H groups in total. The molecule has 0 saturated carbocycles. The van der Waals surface area contributed by atoms with Gasteiger partial charge in [-0.1, -0.05) is 12.1 Å². The van der Waals surface area contributed by atoms with E-state index < -0.39 is 29.9 Å². The summed E-state index contributed by atoms with van der Waals surface area (Å²) in [5.41, 5.74) is 0.516. The van der Waals surface area contributed by atoms with E-state index in [0.29, 0.717) is 16.8 Å². The number of hydrogen-bond donors (Lipinski definition) is 1. The number of carboxylic acid groups (broad SMARTS) is 1. The summed E-state index contributed by atoms with van der Waals surface area (Å²) in [6, 6.07) is 4.37. The van der Waals surface area contributed by atoms with Gasteiger partial charge in [0.1, 0.15) is 12.4 Å². The van der Waals surface area contributed by atoms with Gasteiger partial charge in [-0.2, -0.15) is 18.3 Å². The number of hydrogen-bond acceptors (Lipinski definition) is 2. The van der Waals surface area contributed by atoms with Crippen LogP contribution in [0.2, 0.25) is 0 Å². The molecule has 0 spiro atoms. The molecule has 0 saturated heterocycles. The molecule has 0 amide bonds. The Bertz CT molecular complexity index is 817. The number of aliphatic carboxylic acids is 1. The van der Waals surface area contributed by atoms with Crippen molar-refractivity contribution in [1.82, 2.24) is 9.78 Å². The monoisotopic (exact) mass is 370 g/mol. The van der Waals surface area contributed by atoms with Crippen molar-refractivity contribution in [3.63, 3.8) is 0 Å². The fourth-order valence-corrected chi connectivity index (χ4v) is 3.72. The first-order valence-corrected chi connectivity index (χ1v) is 8.23. The standard InChI is InChI=1S/C18H18F4N2O2/c1-11-13(3-2-4-14(11)19)17(16(25)26)7-5-12-9-24(10-18(20,21)22)23-15(12)6-8-17/h2-4,9H,5-8,10H2,1H3,(H,25,26). The average molecular weight is 370 g/mol. The number of aryl methyl sites for hydroxylation is 2. The lowest BCUT2D eigenvalue weighted by Crippen LogP contribution is -2.37. The highest BCUT2D eigenvalue weighted by atomic mass is 19.4.